The molecule has 1 fully saturated rings. The van der Waals surface area contributed by atoms with Crippen molar-refractivity contribution in [1.82, 2.24) is 9.88 Å². The Morgan fingerprint density at radius 1 is 1.35 bits per heavy atom. The normalized spacial score (nSPS) is 18.4. The average Bonchev–Trinajstić information content (AvgIpc) is 3.14. The van der Waals surface area contributed by atoms with Crippen LogP contribution >= 0.6 is 11.3 Å². The molecule has 0 saturated carbocycles. The SMILES string of the molecule is O=C(N1CCC[C@@H]1c1csc(-c2ccccc2O)n1)C(F)(F)F. The lowest BCUT2D eigenvalue weighted by Crippen LogP contribution is -2.40. The first-order valence-electron chi connectivity index (χ1n) is 6.99. The summed E-state index contributed by atoms with van der Waals surface area (Å²) in [6.07, 6.45) is -3.92. The van der Waals surface area contributed by atoms with Gasteiger partial charge in [0.25, 0.3) is 0 Å². The number of carbonyl (C=O) groups is 1. The molecule has 0 spiro atoms. The highest BCUT2D eigenvalue weighted by Crippen LogP contribution is 2.38. The van der Waals surface area contributed by atoms with E-state index in [9.17, 15) is 23.1 Å². The Bertz CT molecular complexity index is 730. The van der Waals surface area contributed by atoms with Crippen LogP contribution in [0.25, 0.3) is 10.6 Å². The largest absolute Gasteiger partial charge is 0.507 e. The van der Waals surface area contributed by atoms with Gasteiger partial charge >= 0.3 is 12.1 Å². The summed E-state index contributed by atoms with van der Waals surface area (Å²) in [5.74, 6) is -1.76. The van der Waals surface area contributed by atoms with Crippen molar-refractivity contribution in [3.8, 4) is 16.3 Å². The molecule has 1 N–H and O–H groups in total. The first-order chi connectivity index (χ1) is 10.9. The van der Waals surface area contributed by atoms with Crippen LogP contribution in [0, 0.1) is 0 Å². The van der Waals surface area contributed by atoms with E-state index in [0.29, 0.717) is 29.1 Å². The minimum atomic E-state index is -4.88. The molecule has 4 nitrogen and oxygen atoms in total. The number of likely N-dealkylation sites (tertiary alicyclic amines) is 1. The van der Waals surface area contributed by atoms with Gasteiger partial charge in [-0.15, -0.1) is 11.3 Å². The molecule has 1 aliphatic rings. The Labute approximate surface area is 134 Å². The summed E-state index contributed by atoms with van der Waals surface area (Å²) < 4.78 is 38.0. The van der Waals surface area contributed by atoms with Gasteiger partial charge in [0.05, 0.1) is 17.3 Å². The number of carbonyl (C=O) groups excluding carboxylic acids is 1. The molecule has 0 radical (unpaired) electrons. The van der Waals surface area contributed by atoms with E-state index in [-0.39, 0.29) is 12.3 Å². The maximum absolute atomic E-state index is 12.7. The maximum atomic E-state index is 12.7. The zero-order chi connectivity index (χ0) is 16.6. The second kappa shape index (κ2) is 5.84. The second-order valence-corrected chi connectivity index (χ2v) is 6.11. The minimum Gasteiger partial charge on any atom is -0.507 e. The molecule has 23 heavy (non-hydrogen) atoms. The van der Waals surface area contributed by atoms with E-state index in [1.807, 2.05) is 0 Å². The van der Waals surface area contributed by atoms with E-state index in [1.54, 1.807) is 23.6 Å². The van der Waals surface area contributed by atoms with Crippen molar-refractivity contribution in [3.63, 3.8) is 0 Å². The molecule has 1 saturated heterocycles. The van der Waals surface area contributed by atoms with Gasteiger partial charge in [-0.3, -0.25) is 4.79 Å². The van der Waals surface area contributed by atoms with Gasteiger partial charge in [-0.2, -0.15) is 13.2 Å². The van der Waals surface area contributed by atoms with Crippen LogP contribution < -0.4 is 0 Å². The Kier molecular flexibility index (Phi) is 4.01. The number of nitrogens with zero attached hydrogens (tertiary/aromatic N) is 2. The topological polar surface area (TPSA) is 53.4 Å². The highest BCUT2D eigenvalue weighted by molar-refractivity contribution is 7.13. The number of phenols is 1. The van der Waals surface area contributed by atoms with Gasteiger partial charge in [0.15, 0.2) is 0 Å². The zero-order valence-electron chi connectivity index (χ0n) is 11.9. The predicted molar refractivity (Wildman–Crippen MR) is 79.0 cm³/mol. The van der Waals surface area contributed by atoms with Crippen LogP contribution in [0.2, 0.25) is 0 Å². The molecule has 1 aliphatic heterocycles. The van der Waals surface area contributed by atoms with Crippen LogP contribution in [0.15, 0.2) is 29.6 Å². The number of hydrogen-bond acceptors (Lipinski definition) is 4. The van der Waals surface area contributed by atoms with Gasteiger partial charge in [0.2, 0.25) is 0 Å². The number of phenolic OH excluding ortho intramolecular Hbond substituents is 1. The van der Waals surface area contributed by atoms with Crippen LogP contribution in [-0.4, -0.2) is 33.6 Å². The predicted octanol–water partition coefficient (Wildman–Crippen LogP) is 3.74. The quantitative estimate of drug-likeness (QED) is 0.904. The van der Waals surface area contributed by atoms with Crippen molar-refractivity contribution in [2.75, 3.05) is 6.54 Å². The highest BCUT2D eigenvalue weighted by Gasteiger charge is 2.46. The summed E-state index contributed by atoms with van der Waals surface area (Å²) in [5, 5.41) is 12.0. The fourth-order valence-electron chi connectivity index (χ4n) is 2.70. The lowest BCUT2D eigenvalue weighted by molar-refractivity contribution is -0.186. The maximum Gasteiger partial charge on any atom is 0.471 e. The van der Waals surface area contributed by atoms with E-state index in [1.165, 1.54) is 17.4 Å². The lowest BCUT2D eigenvalue weighted by Gasteiger charge is -2.24. The third-order valence-corrected chi connectivity index (χ3v) is 4.65. The average molecular weight is 342 g/mol. The Hall–Kier alpha value is -2.09. The summed E-state index contributed by atoms with van der Waals surface area (Å²) in [6, 6.07) is 5.95. The van der Waals surface area contributed by atoms with E-state index in [4.69, 9.17) is 0 Å². The minimum absolute atomic E-state index is 0.0584. The molecule has 1 aromatic heterocycles. The molecule has 8 heteroatoms. The first kappa shape index (κ1) is 15.8. The summed E-state index contributed by atoms with van der Waals surface area (Å²) >= 11 is 1.23. The summed E-state index contributed by atoms with van der Waals surface area (Å²) in [4.78, 5) is 16.7. The van der Waals surface area contributed by atoms with Crippen LogP contribution in [0.5, 0.6) is 5.75 Å². The third kappa shape index (κ3) is 3.03. The zero-order valence-corrected chi connectivity index (χ0v) is 12.7. The Balaban J connectivity index is 1.88. The highest BCUT2D eigenvalue weighted by atomic mass is 32.1. The molecule has 1 aromatic carbocycles. The van der Waals surface area contributed by atoms with Crippen molar-refractivity contribution in [1.29, 1.82) is 0 Å². The smallest absolute Gasteiger partial charge is 0.471 e. The molecule has 1 amide bonds. The number of benzene rings is 1. The van der Waals surface area contributed by atoms with Gasteiger partial charge in [0.1, 0.15) is 10.8 Å². The fraction of sp³-hybridized carbons (Fsp3) is 0.333. The second-order valence-electron chi connectivity index (χ2n) is 5.25. The van der Waals surface area contributed by atoms with Gasteiger partial charge in [-0.25, -0.2) is 4.98 Å². The monoisotopic (exact) mass is 342 g/mol. The van der Waals surface area contributed by atoms with Crippen molar-refractivity contribution in [3.05, 3.63) is 35.3 Å². The number of halogens is 3. The summed E-state index contributed by atoms with van der Waals surface area (Å²) in [5.41, 5.74) is 0.957. The van der Waals surface area contributed by atoms with Gasteiger partial charge in [-0.05, 0) is 25.0 Å². The van der Waals surface area contributed by atoms with Gasteiger partial charge in [-0.1, -0.05) is 12.1 Å². The molecule has 2 heterocycles. The number of alkyl halides is 3. The number of thiazole rings is 1. The fourth-order valence-corrected chi connectivity index (χ4v) is 3.60. The summed E-state index contributed by atoms with van der Waals surface area (Å²) in [6.45, 7) is 0.0759. The van der Waals surface area contributed by atoms with Gasteiger partial charge < -0.3 is 10.0 Å². The molecular formula is C15H13F3N2O2S. The molecule has 0 bridgehead atoms. The lowest BCUT2D eigenvalue weighted by atomic mass is 10.1. The summed E-state index contributed by atoms with van der Waals surface area (Å²) in [7, 11) is 0. The first-order valence-corrected chi connectivity index (χ1v) is 7.87. The Morgan fingerprint density at radius 3 is 2.78 bits per heavy atom. The number of para-hydroxylation sites is 1. The van der Waals surface area contributed by atoms with E-state index < -0.39 is 18.1 Å². The number of hydrogen-bond donors (Lipinski definition) is 1. The molecular weight excluding hydrogens is 329 g/mol. The van der Waals surface area contributed by atoms with E-state index in [0.717, 1.165) is 4.90 Å². The molecule has 122 valence electrons. The van der Waals surface area contributed by atoms with Gasteiger partial charge in [0, 0.05) is 11.9 Å². The molecule has 0 unspecified atom stereocenters. The van der Waals surface area contributed by atoms with Crippen LogP contribution in [-0.2, 0) is 4.79 Å². The number of rotatable bonds is 2. The van der Waals surface area contributed by atoms with Crippen molar-refractivity contribution in [2.45, 2.75) is 25.1 Å². The standard InChI is InChI=1S/C15H13F3N2O2S/c16-15(17,18)14(22)20-7-3-5-11(20)10-8-23-13(19-10)9-4-1-2-6-12(9)21/h1-2,4,6,8,11,21H,3,5,7H2/t11-/m1/s1. The third-order valence-electron chi connectivity index (χ3n) is 3.75. The van der Waals surface area contributed by atoms with Crippen LogP contribution in [0.1, 0.15) is 24.6 Å². The van der Waals surface area contributed by atoms with E-state index in [2.05, 4.69) is 4.98 Å². The molecule has 2 aromatic rings. The Morgan fingerprint density at radius 2 is 2.09 bits per heavy atom. The van der Waals surface area contributed by atoms with Crippen molar-refractivity contribution in [2.24, 2.45) is 0 Å². The van der Waals surface area contributed by atoms with Crippen molar-refractivity contribution >= 4 is 17.2 Å². The number of aromatic hydroxyl groups is 1. The van der Waals surface area contributed by atoms with Crippen LogP contribution in [0.3, 0.4) is 0 Å². The van der Waals surface area contributed by atoms with Crippen LogP contribution in [0.4, 0.5) is 13.2 Å². The van der Waals surface area contributed by atoms with Crippen molar-refractivity contribution < 1.29 is 23.1 Å². The van der Waals surface area contributed by atoms with E-state index >= 15 is 0 Å². The molecule has 0 aliphatic carbocycles. The molecule has 1 atom stereocenters. The molecule has 3 rings (SSSR count). The number of aromatic nitrogens is 1. The number of amides is 1.